The summed E-state index contributed by atoms with van der Waals surface area (Å²) in [6, 6.07) is 8.92. The van der Waals surface area contributed by atoms with Gasteiger partial charge in [-0.2, -0.15) is 0 Å². The van der Waals surface area contributed by atoms with E-state index < -0.39 is 0 Å². The smallest absolute Gasteiger partial charge is 0.0439 e. The monoisotopic (exact) mass is 275 g/mol. The maximum absolute atomic E-state index is 9.51. The predicted molar refractivity (Wildman–Crippen MR) is 85.1 cm³/mol. The van der Waals surface area contributed by atoms with Gasteiger partial charge in [0.1, 0.15) is 0 Å². The standard InChI is InChI=1S/C18H29NO/c1-15-5-7-16(8-6-15)18(11-14-20)9-12-19(13-10-18)17(2,3)4/h5-8,20H,9-14H2,1-4H3. The van der Waals surface area contributed by atoms with Crippen LogP contribution in [0.2, 0.25) is 0 Å². The quantitative estimate of drug-likeness (QED) is 0.912. The summed E-state index contributed by atoms with van der Waals surface area (Å²) in [4.78, 5) is 2.57. The first-order valence-electron chi connectivity index (χ1n) is 7.80. The van der Waals surface area contributed by atoms with Crippen LogP contribution < -0.4 is 0 Å². The van der Waals surface area contributed by atoms with Crippen molar-refractivity contribution >= 4 is 0 Å². The van der Waals surface area contributed by atoms with E-state index in [-0.39, 0.29) is 17.6 Å². The molecule has 1 N–H and O–H groups in total. The molecule has 1 fully saturated rings. The Kier molecular flexibility index (Phi) is 4.55. The minimum atomic E-state index is 0.171. The lowest BCUT2D eigenvalue weighted by atomic mass is 9.70. The van der Waals surface area contributed by atoms with Crippen molar-refractivity contribution in [3.8, 4) is 0 Å². The molecular weight excluding hydrogens is 246 g/mol. The minimum Gasteiger partial charge on any atom is -0.396 e. The van der Waals surface area contributed by atoms with Gasteiger partial charge in [-0.3, -0.25) is 4.90 Å². The van der Waals surface area contributed by atoms with Crippen LogP contribution in [0.5, 0.6) is 0 Å². The van der Waals surface area contributed by atoms with E-state index in [2.05, 4.69) is 56.9 Å². The van der Waals surface area contributed by atoms with E-state index in [1.807, 2.05) is 0 Å². The van der Waals surface area contributed by atoms with E-state index in [9.17, 15) is 5.11 Å². The summed E-state index contributed by atoms with van der Waals surface area (Å²) in [5.74, 6) is 0. The zero-order valence-electron chi connectivity index (χ0n) is 13.4. The van der Waals surface area contributed by atoms with Gasteiger partial charge in [0, 0.05) is 12.1 Å². The molecule has 1 aliphatic rings. The summed E-state index contributed by atoms with van der Waals surface area (Å²) in [6.07, 6.45) is 3.18. The van der Waals surface area contributed by atoms with Crippen molar-refractivity contribution < 1.29 is 5.11 Å². The number of likely N-dealkylation sites (tertiary alicyclic amines) is 1. The fourth-order valence-electron chi connectivity index (χ4n) is 3.41. The van der Waals surface area contributed by atoms with Crippen LogP contribution in [-0.4, -0.2) is 35.2 Å². The Hall–Kier alpha value is -0.860. The van der Waals surface area contributed by atoms with Crippen molar-refractivity contribution in [2.45, 2.75) is 57.9 Å². The molecule has 2 heteroatoms. The second-order valence-electron chi connectivity index (χ2n) is 7.28. The topological polar surface area (TPSA) is 23.5 Å². The molecule has 0 bridgehead atoms. The molecule has 2 rings (SSSR count). The van der Waals surface area contributed by atoms with Gasteiger partial charge in [-0.1, -0.05) is 29.8 Å². The van der Waals surface area contributed by atoms with Gasteiger partial charge in [-0.25, -0.2) is 0 Å². The number of aryl methyl sites for hydroxylation is 1. The molecule has 1 aromatic carbocycles. The lowest BCUT2D eigenvalue weighted by molar-refractivity contribution is 0.0641. The predicted octanol–water partition coefficient (Wildman–Crippen LogP) is 3.51. The van der Waals surface area contributed by atoms with Crippen molar-refractivity contribution in [2.24, 2.45) is 0 Å². The average Bonchev–Trinajstić information content (AvgIpc) is 2.39. The van der Waals surface area contributed by atoms with E-state index in [1.54, 1.807) is 0 Å². The molecule has 2 nitrogen and oxygen atoms in total. The highest BCUT2D eigenvalue weighted by molar-refractivity contribution is 5.29. The number of hydrogen-bond donors (Lipinski definition) is 1. The van der Waals surface area contributed by atoms with Crippen molar-refractivity contribution in [3.63, 3.8) is 0 Å². The van der Waals surface area contributed by atoms with Crippen LogP contribution in [-0.2, 0) is 5.41 Å². The normalized spacial score (nSPS) is 20.1. The molecule has 1 heterocycles. The van der Waals surface area contributed by atoms with E-state index >= 15 is 0 Å². The van der Waals surface area contributed by atoms with Gasteiger partial charge >= 0.3 is 0 Å². The maximum atomic E-state index is 9.51. The SMILES string of the molecule is Cc1ccc(C2(CCO)CCN(C(C)(C)C)CC2)cc1. The Morgan fingerprint density at radius 1 is 1.10 bits per heavy atom. The van der Waals surface area contributed by atoms with Crippen molar-refractivity contribution in [3.05, 3.63) is 35.4 Å². The highest BCUT2D eigenvalue weighted by Gasteiger charge is 2.38. The highest BCUT2D eigenvalue weighted by atomic mass is 16.3. The van der Waals surface area contributed by atoms with Gasteiger partial charge in [0.15, 0.2) is 0 Å². The lowest BCUT2D eigenvalue weighted by Gasteiger charge is -2.47. The summed E-state index contributed by atoms with van der Waals surface area (Å²) in [6.45, 7) is 11.5. The Morgan fingerprint density at radius 2 is 1.65 bits per heavy atom. The fourth-order valence-corrected chi connectivity index (χ4v) is 3.41. The number of benzene rings is 1. The Labute approximate surface area is 123 Å². The second kappa shape index (κ2) is 5.87. The third-order valence-electron chi connectivity index (χ3n) is 4.92. The molecule has 20 heavy (non-hydrogen) atoms. The molecule has 0 aliphatic carbocycles. The number of nitrogens with zero attached hydrogens (tertiary/aromatic N) is 1. The number of hydrogen-bond acceptors (Lipinski definition) is 2. The van der Waals surface area contributed by atoms with Crippen LogP contribution in [0.3, 0.4) is 0 Å². The molecule has 112 valence electrons. The minimum absolute atomic E-state index is 0.171. The number of aliphatic hydroxyl groups is 1. The van der Waals surface area contributed by atoms with E-state index in [1.165, 1.54) is 11.1 Å². The van der Waals surface area contributed by atoms with Gasteiger partial charge in [0.25, 0.3) is 0 Å². The Morgan fingerprint density at radius 3 is 2.10 bits per heavy atom. The summed E-state index contributed by atoms with van der Waals surface area (Å²) >= 11 is 0. The zero-order chi connectivity index (χ0) is 14.8. The molecule has 0 atom stereocenters. The van der Waals surface area contributed by atoms with Crippen molar-refractivity contribution in [2.75, 3.05) is 19.7 Å². The summed E-state index contributed by atoms with van der Waals surface area (Å²) in [5.41, 5.74) is 3.13. The van der Waals surface area contributed by atoms with Crippen LogP contribution in [0.15, 0.2) is 24.3 Å². The molecule has 0 unspecified atom stereocenters. The average molecular weight is 275 g/mol. The van der Waals surface area contributed by atoms with Crippen molar-refractivity contribution in [1.82, 2.24) is 4.90 Å². The molecule has 0 aromatic heterocycles. The second-order valence-corrected chi connectivity index (χ2v) is 7.28. The van der Waals surface area contributed by atoms with Crippen LogP contribution in [0.1, 0.15) is 51.2 Å². The first-order valence-corrected chi connectivity index (χ1v) is 7.80. The van der Waals surface area contributed by atoms with Gasteiger partial charge in [-0.05, 0) is 71.0 Å². The maximum Gasteiger partial charge on any atom is 0.0439 e. The molecule has 0 spiro atoms. The summed E-state index contributed by atoms with van der Waals surface area (Å²) in [5, 5.41) is 9.51. The van der Waals surface area contributed by atoms with Crippen LogP contribution in [0, 0.1) is 6.92 Å². The largest absolute Gasteiger partial charge is 0.396 e. The van der Waals surface area contributed by atoms with Gasteiger partial charge in [0.2, 0.25) is 0 Å². The van der Waals surface area contributed by atoms with Gasteiger partial charge in [-0.15, -0.1) is 0 Å². The van der Waals surface area contributed by atoms with Gasteiger partial charge < -0.3 is 5.11 Å². The molecule has 1 saturated heterocycles. The number of piperidine rings is 1. The Balaban J connectivity index is 2.19. The zero-order valence-corrected chi connectivity index (χ0v) is 13.4. The van der Waals surface area contributed by atoms with Gasteiger partial charge in [0.05, 0.1) is 0 Å². The first-order chi connectivity index (χ1) is 9.37. The molecule has 0 saturated carbocycles. The molecular formula is C18H29NO. The fraction of sp³-hybridized carbons (Fsp3) is 0.667. The number of aliphatic hydroxyl groups excluding tert-OH is 1. The first kappa shape index (κ1) is 15.5. The third kappa shape index (κ3) is 3.24. The van der Waals surface area contributed by atoms with E-state index in [0.29, 0.717) is 0 Å². The van der Waals surface area contributed by atoms with Crippen LogP contribution >= 0.6 is 0 Å². The van der Waals surface area contributed by atoms with Crippen molar-refractivity contribution in [1.29, 1.82) is 0 Å². The summed E-state index contributed by atoms with van der Waals surface area (Å²) < 4.78 is 0. The molecule has 0 radical (unpaired) electrons. The van der Waals surface area contributed by atoms with Crippen LogP contribution in [0.4, 0.5) is 0 Å². The molecule has 0 amide bonds. The van der Waals surface area contributed by atoms with E-state index in [0.717, 1.165) is 32.4 Å². The molecule has 1 aromatic rings. The third-order valence-corrected chi connectivity index (χ3v) is 4.92. The lowest BCUT2D eigenvalue weighted by Crippen LogP contribution is -2.50. The Bertz CT molecular complexity index is 422. The van der Waals surface area contributed by atoms with E-state index in [4.69, 9.17) is 0 Å². The molecule has 1 aliphatic heterocycles. The van der Waals surface area contributed by atoms with Crippen LogP contribution in [0.25, 0.3) is 0 Å². The summed E-state index contributed by atoms with van der Waals surface area (Å²) in [7, 11) is 0. The number of rotatable bonds is 3. The highest BCUT2D eigenvalue weighted by Crippen LogP contribution is 2.40.